The van der Waals surface area contributed by atoms with E-state index in [4.69, 9.17) is 4.55 Å². The quantitative estimate of drug-likeness (QED) is 0.0239. The summed E-state index contributed by atoms with van der Waals surface area (Å²) in [6, 6.07) is 34.1. The zero-order chi connectivity index (χ0) is 50.5. The largest absolute Gasteiger partial charge is 0.480 e. The van der Waals surface area contributed by atoms with Crippen molar-refractivity contribution in [2.75, 3.05) is 11.9 Å². The molecule has 0 atom stereocenters. The van der Waals surface area contributed by atoms with Crippen molar-refractivity contribution in [2.24, 2.45) is 40.9 Å². The topological polar surface area (TPSA) is 330 Å². The van der Waals surface area contributed by atoms with E-state index in [0.29, 0.717) is 45.7 Å². The van der Waals surface area contributed by atoms with Gasteiger partial charge in [-0.15, -0.1) is 10.2 Å². The molecule has 0 fully saturated rings. The van der Waals surface area contributed by atoms with Crippen LogP contribution in [0.5, 0.6) is 0 Å². The fraction of sp³-hybridized carbons (Fsp3) is 0.106. The van der Waals surface area contributed by atoms with E-state index in [1.54, 1.807) is 91.0 Å². The van der Waals surface area contributed by atoms with Crippen LogP contribution in [0.15, 0.2) is 184 Å². The van der Waals surface area contributed by atoms with Crippen molar-refractivity contribution >= 4 is 89.7 Å². The number of anilines is 1. The number of rotatable bonds is 20. The number of Topliss-reactive ketones (excluding diaryl/α,β-unsaturated/α-hetero) is 1. The molecule has 0 saturated heterocycles. The van der Waals surface area contributed by atoms with Gasteiger partial charge in [0.25, 0.3) is 20.2 Å². The van der Waals surface area contributed by atoms with Crippen LogP contribution in [0.1, 0.15) is 45.6 Å². The van der Waals surface area contributed by atoms with Gasteiger partial charge in [-0.05, 0) is 121 Å². The number of hydrogen-bond donors (Lipinski definition) is 4. The van der Waals surface area contributed by atoms with Crippen LogP contribution >= 0.6 is 0 Å². The first-order valence-electron chi connectivity index (χ1n) is 20.9. The number of nitrogens with zero attached hydrogens (tertiary/aromatic N) is 11. The van der Waals surface area contributed by atoms with Crippen molar-refractivity contribution in [3.63, 3.8) is 0 Å². The van der Waals surface area contributed by atoms with E-state index in [9.17, 15) is 40.9 Å². The molecule has 0 saturated carbocycles. The fourth-order valence-electron chi connectivity index (χ4n) is 6.46. The van der Waals surface area contributed by atoms with Gasteiger partial charge in [-0.2, -0.15) is 57.5 Å². The van der Waals surface area contributed by atoms with Crippen molar-refractivity contribution < 1.29 is 45.4 Å². The number of azo groups is 4. The van der Waals surface area contributed by atoms with Crippen molar-refractivity contribution in [3.8, 4) is 0 Å². The Hall–Kier alpha value is -8.84. The van der Waals surface area contributed by atoms with Crippen LogP contribution in [0.4, 0.5) is 51.4 Å². The third kappa shape index (κ3) is 14.3. The second kappa shape index (κ2) is 22.5. The Balaban J connectivity index is 1.08. The molecule has 0 aliphatic rings. The number of carbonyl (C=O) groups excluding carboxylic acids is 2. The summed E-state index contributed by atoms with van der Waals surface area (Å²) in [6.45, 7) is 0.882. The van der Waals surface area contributed by atoms with Crippen molar-refractivity contribution in [1.29, 1.82) is 0 Å². The summed E-state index contributed by atoms with van der Waals surface area (Å²) in [7, 11) is -9.12. The minimum absolute atomic E-state index is 0.0211. The third-order valence-electron chi connectivity index (χ3n) is 9.80. The van der Waals surface area contributed by atoms with Crippen LogP contribution in [0, 0.1) is 0 Å². The average Bonchev–Trinajstić information content (AvgIpc) is 3.34. The number of ketones is 1. The van der Waals surface area contributed by atoms with Crippen LogP contribution in [0.2, 0.25) is 0 Å². The molecule has 0 amide bonds. The predicted octanol–water partition coefficient (Wildman–Crippen LogP) is 10.6. The Morgan fingerprint density at radius 1 is 0.563 bits per heavy atom. The molecule has 4 N–H and O–H groups in total. The first-order valence-corrected chi connectivity index (χ1v) is 23.8. The van der Waals surface area contributed by atoms with Gasteiger partial charge in [-0.25, -0.2) is 4.98 Å². The van der Waals surface area contributed by atoms with Gasteiger partial charge in [0.1, 0.15) is 35.1 Å². The maximum Gasteiger partial charge on any atom is 0.322 e. The lowest BCUT2D eigenvalue weighted by atomic mass is 10.0. The van der Waals surface area contributed by atoms with Crippen LogP contribution in [0.25, 0.3) is 0 Å². The molecule has 0 aliphatic carbocycles. The van der Waals surface area contributed by atoms with E-state index in [1.807, 2.05) is 0 Å². The Labute approximate surface area is 404 Å². The Morgan fingerprint density at radius 3 is 1.62 bits per heavy atom. The van der Waals surface area contributed by atoms with E-state index in [2.05, 4.69) is 61.2 Å². The molecular formula is C47H38N12O10S2. The minimum atomic E-state index is -4.78. The summed E-state index contributed by atoms with van der Waals surface area (Å²) in [5.41, 5.74) is 4.13. The van der Waals surface area contributed by atoms with Crippen molar-refractivity contribution in [2.45, 2.75) is 36.0 Å². The maximum absolute atomic E-state index is 12.8. The molecule has 0 aliphatic heterocycles. The van der Waals surface area contributed by atoms with E-state index in [0.717, 1.165) is 6.07 Å². The molecule has 22 nitrogen and oxygen atoms in total. The predicted molar refractivity (Wildman–Crippen MR) is 256 cm³/mol. The van der Waals surface area contributed by atoms with Gasteiger partial charge in [0.2, 0.25) is 5.95 Å². The van der Waals surface area contributed by atoms with Crippen molar-refractivity contribution in [3.05, 3.63) is 167 Å². The second-order valence-corrected chi connectivity index (χ2v) is 17.9. The van der Waals surface area contributed by atoms with Gasteiger partial charge in [0.05, 0.1) is 44.7 Å². The Morgan fingerprint density at radius 2 is 1.06 bits per heavy atom. The lowest BCUT2D eigenvalue weighted by Crippen LogP contribution is -2.17. The molecule has 0 spiro atoms. The average molecular weight is 995 g/mol. The molecule has 1 heterocycles. The fourth-order valence-corrected chi connectivity index (χ4v) is 7.58. The molecule has 0 unspecified atom stereocenters. The van der Waals surface area contributed by atoms with E-state index in [1.165, 1.54) is 43.3 Å². The molecule has 0 bridgehead atoms. The number of aromatic nitrogens is 3. The molecule has 7 aromatic rings. The molecule has 7 rings (SSSR count). The van der Waals surface area contributed by atoms with Crippen LogP contribution in [-0.2, 0) is 49.1 Å². The van der Waals surface area contributed by atoms with E-state index in [-0.39, 0.29) is 75.9 Å². The first kappa shape index (κ1) is 50.0. The molecule has 358 valence electrons. The van der Waals surface area contributed by atoms with Crippen LogP contribution in [0.3, 0.4) is 0 Å². The lowest BCUT2D eigenvalue weighted by Gasteiger charge is -2.11. The summed E-state index contributed by atoms with van der Waals surface area (Å²) < 4.78 is 66.4. The first-order chi connectivity index (χ1) is 34.0. The van der Waals surface area contributed by atoms with Crippen LogP contribution in [-0.4, -0.2) is 70.6 Å². The summed E-state index contributed by atoms with van der Waals surface area (Å²) in [5.74, 6) is -1.01. The zero-order valence-corrected chi connectivity index (χ0v) is 38.7. The standard InChI is InChI=1S/C47H38N12O10S2/c1-29(61)39-24-31(8-19-41(39)58-55-35-11-9-34(10-12-35)53-54-36-13-16-38(17-14-36)70(64,65)66)26-45-49-44(50-47(51-45)48-28-46(62)63)25-30-7-18-40(32(23-30)21-22-60)57-59-42-20-15-37(27-43(42)71(67,68)69)56-52-33-5-3-2-4-6-33/h2-20,22-24,27H,21,25-26,28H2,1H3,(H,62,63)(H,64,65,66)(H,67,68,69)(H,48,49,50,51). The maximum atomic E-state index is 12.8. The SMILES string of the molecule is CC(=O)c1cc(Cc2nc(Cc3ccc(N=Nc4ccc(N=Nc5ccccc5)cc4S(=O)(=O)O)c(CC=O)c3)nc(NCC(=O)O)n2)ccc1N=Nc1ccc(N=Nc2ccc(S(=O)(=O)O)cc2)cc1. The summed E-state index contributed by atoms with van der Waals surface area (Å²) in [6.07, 6.45) is 0.730. The molecular weight excluding hydrogens is 957 g/mol. The van der Waals surface area contributed by atoms with Crippen molar-refractivity contribution in [1.82, 2.24) is 15.0 Å². The number of aliphatic carboxylic acids is 1. The number of nitrogens with one attached hydrogen (secondary N) is 1. The number of carbonyl (C=O) groups is 3. The molecule has 1 aromatic heterocycles. The Bertz CT molecular complexity index is 3480. The highest BCUT2D eigenvalue weighted by molar-refractivity contribution is 7.86. The van der Waals surface area contributed by atoms with Gasteiger partial charge in [0, 0.05) is 24.8 Å². The summed E-state index contributed by atoms with van der Waals surface area (Å²) in [5, 5.41) is 45.2. The highest BCUT2D eigenvalue weighted by Crippen LogP contribution is 2.33. The lowest BCUT2D eigenvalue weighted by molar-refractivity contribution is -0.135. The van der Waals surface area contributed by atoms with Gasteiger partial charge in [-0.3, -0.25) is 18.7 Å². The van der Waals surface area contributed by atoms with Gasteiger partial charge < -0.3 is 15.2 Å². The number of hydrogen-bond acceptors (Lipinski definition) is 19. The van der Waals surface area contributed by atoms with E-state index < -0.39 is 37.6 Å². The molecule has 0 radical (unpaired) electrons. The highest BCUT2D eigenvalue weighted by Gasteiger charge is 2.18. The number of benzene rings is 6. The number of carboxylic acid groups (broad SMARTS) is 1. The second-order valence-electron chi connectivity index (χ2n) is 15.1. The number of carboxylic acids is 1. The molecule has 71 heavy (non-hydrogen) atoms. The third-order valence-corrected chi connectivity index (χ3v) is 11.6. The minimum Gasteiger partial charge on any atom is -0.480 e. The highest BCUT2D eigenvalue weighted by atomic mass is 32.2. The van der Waals surface area contributed by atoms with Crippen LogP contribution < -0.4 is 5.32 Å². The normalized spacial score (nSPS) is 12.0. The van der Waals surface area contributed by atoms with Gasteiger partial charge in [-0.1, -0.05) is 36.4 Å². The zero-order valence-electron chi connectivity index (χ0n) is 37.0. The summed E-state index contributed by atoms with van der Waals surface area (Å²) in [4.78, 5) is 48.7. The number of aldehydes is 1. The molecule has 24 heteroatoms. The van der Waals surface area contributed by atoms with Gasteiger partial charge in [0.15, 0.2) is 5.78 Å². The molecule has 6 aromatic carbocycles. The van der Waals surface area contributed by atoms with Gasteiger partial charge >= 0.3 is 5.97 Å². The monoisotopic (exact) mass is 994 g/mol. The Kier molecular flexibility index (Phi) is 15.9. The van der Waals surface area contributed by atoms with E-state index >= 15 is 0 Å². The summed E-state index contributed by atoms with van der Waals surface area (Å²) >= 11 is 0. The smallest absolute Gasteiger partial charge is 0.322 e.